The number of likely N-dealkylation sites (tertiary alicyclic amines) is 1. The van der Waals surface area contributed by atoms with E-state index in [1.165, 1.54) is 31.5 Å². The third-order valence-corrected chi connectivity index (χ3v) is 7.24. The van der Waals surface area contributed by atoms with Crippen LogP contribution in [-0.2, 0) is 29.3 Å². The van der Waals surface area contributed by atoms with Crippen LogP contribution >= 0.6 is 0 Å². The molecule has 2 saturated heterocycles. The van der Waals surface area contributed by atoms with Crippen molar-refractivity contribution in [3.8, 4) is 5.75 Å². The van der Waals surface area contributed by atoms with Gasteiger partial charge in [-0.15, -0.1) is 0 Å². The summed E-state index contributed by atoms with van der Waals surface area (Å²) in [6, 6.07) is 13.4. The number of imide groups is 1. The summed E-state index contributed by atoms with van der Waals surface area (Å²) in [6.45, 7) is 6.36. The normalized spacial score (nSPS) is 21.5. The second-order valence-electron chi connectivity index (χ2n) is 9.75. The maximum atomic E-state index is 13.0. The molecule has 2 aromatic rings. The van der Waals surface area contributed by atoms with Crippen molar-refractivity contribution in [2.45, 2.75) is 58.3 Å². The lowest BCUT2D eigenvalue weighted by Gasteiger charge is -2.30. The second kappa shape index (κ2) is 9.58. The van der Waals surface area contributed by atoms with Crippen LogP contribution in [0.3, 0.4) is 0 Å². The number of benzene rings is 2. The number of hydrogen-bond acceptors (Lipinski definition) is 5. The van der Waals surface area contributed by atoms with Gasteiger partial charge >= 0.3 is 0 Å². The number of hydrogen-bond donors (Lipinski definition) is 1. The van der Waals surface area contributed by atoms with Gasteiger partial charge in [-0.05, 0) is 61.5 Å². The van der Waals surface area contributed by atoms with Crippen molar-refractivity contribution in [1.29, 1.82) is 0 Å². The summed E-state index contributed by atoms with van der Waals surface area (Å²) in [5, 5.41) is 2.34. The van der Waals surface area contributed by atoms with E-state index in [0.717, 1.165) is 23.6 Å². The molecule has 0 spiro atoms. The van der Waals surface area contributed by atoms with Crippen molar-refractivity contribution in [3.63, 3.8) is 0 Å². The SMILES string of the molecule is CC1CCN(Cc2ccc(COc3cccc4c3CN([C@H]3CCC(=O)NC3=O)C4=O)cc2)CC1. The van der Waals surface area contributed by atoms with Crippen LogP contribution in [-0.4, -0.2) is 46.7 Å². The Morgan fingerprint density at radius 1 is 0.971 bits per heavy atom. The molecule has 0 unspecified atom stereocenters. The average Bonchev–Trinajstić information content (AvgIpc) is 3.17. The zero-order chi connectivity index (χ0) is 23.7. The van der Waals surface area contributed by atoms with Gasteiger partial charge in [0.15, 0.2) is 0 Å². The summed E-state index contributed by atoms with van der Waals surface area (Å²) in [6.07, 6.45) is 3.14. The smallest absolute Gasteiger partial charge is 0.255 e. The molecule has 2 aromatic carbocycles. The van der Waals surface area contributed by atoms with E-state index in [-0.39, 0.29) is 18.2 Å². The highest BCUT2D eigenvalue weighted by atomic mass is 16.5. The van der Waals surface area contributed by atoms with Crippen LogP contribution in [0.5, 0.6) is 5.75 Å². The van der Waals surface area contributed by atoms with E-state index in [1.54, 1.807) is 11.0 Å². The van der Waals surface area contributed by atoms with Crippen LogP contribution in [0.2, 0.25) is 0 Å². The molecule has 0 saturated carbocycles. The Kier molecular flexibility index (Phi) is 6.37. The lowest BCUT2D eigenvalue weighted by molar-refractivity contribution is -0.136. The fraction of sp³-hybridized carbons (Fsp3) is 0.444. The van der Waals surface area contributed by atoms with Gasteiger partial charge in [0, 0.05) is 24.1 Å². The highest BCUT2D eigenvalue weighted by molar-refractivity contribution is 6.05. The summed E-state index contributed by atoms with van der Waals surface area (Å²) in [5.41, 5.74) is 3.74. The van der Waals surface area contributed by atoms with E-state index >= 15 is 0 Å². The summed E-state index contributed by atoms with van der Waals surface area (Å²) in [5.74, 6) is 0.616. The highest BCUT2D eigenvalue weighted by Gasteiger charge is 2.40. The second-order valence-corrected chi connectivity index (χ2v) is 9.75. The Morgan fingerprint density at radius 2 is 1.71 bits per heavy atom. The minimum atomic E-state index is -0.624. The molecule has 0 aliphatic carbocycles. The first-order valence-corrected chi connectivity index (χ1v) is 12.2. The average molecular weight is 462 g/mol. The number of amides is 3. The molecule has 2 fully saturated rings. The molecule has 0 radical (unpaired) electrons. The van der Waals surface area contributed by atoms with Gasteiger partial charge in [-0.3, -0.25) is 24.6 Å². The number of rotatable bonds is 6. The molecular formula is C27H31N3O4. The molecule has 3 aliphatic rings. The lowest BCUT2D eigenvalue weighted by Crippen LogP contribution is -2.52. The highest BCUT2D eigenvalue weighted by Crippen LogP contribution is 2.34. The van der Waals surface area contributed by atoms with Crippen LogP contribution in [0.1, 0.15) is 59.7 Å². The molecule has 3 heterocycles. The van der Waals surface area contributed by atoms with E-state index in [0.29, 0.717) is 30.9 Å². The number of carbonyl (C=O) groups excluding carboxylic acids is 3. The van der Waals surface area contributed by atoms with Gasteiger partial charge in [0.25, 0.3) is 5.91 Å². The number of fused-ring (bicyclic) bond motifs is 1. The summed E-state index contributed by atoms with van der Waals surface area (Å²) in [4.78, 5) is 40.8. The Labute approximate surface area is 200 Å². The molecule has 7 nitrogen and oxygen atoms in total. The maximum Gasteiger partial charge on any atom is 0.255 e. The third kappa shape index (κ3) is 4.71. The Morgan fingerprint density at radius 3 is 2.44 bits per heavy atom. The minimum Gasteiger partial charge on any atom is -0.489 e. The molecule has 3 aliphatic heterocycles. The van der Waals surface area contributed by atoms with Crippen LogP contribution in [0.25, 0.3) is 0 Å². The van der Waals surface area contributed by atoms with Crippen molar-refractivity contribution >= 4 is 17.7 Å². The van der Waals surface area contributed by atoms with E-state index in [2.05, 4.69) is 41.4 Å². The Balaban J connectivity index is 1.21. The van der Waals surface area contributed by atoms with Crippen LogP contribution in [0.15, 0.2) is 42.5 Å². The number of piperidine rings is 2. The fourth-order valence-corrected chi connectivity index (χ4v) is 5.07. The van der Waals surface area contributed by atoms with E-state index < -0.39 is 11.9 Å². The number of carbonyl (C=O) groups is 3. The van der Waals surface area contributed by atoms with Gasteiger partial charge in [-0.2, -0.15) is 0 Å². The molecule has 3 amide bonds. The predicted octanol–water partition coefficient (Wildman–Crippen LogP) is 3.26. The largest absolute Gasteiger partial charge is 0.489 e. The molecule has 0 aromatic heterocycles. The van der Waals surface area contributed by atoms with Gasteiger partial charge in [0.2, 0.25) is 11.8 Å². The van der Waals surface area contributed by atoms with Gasteiger partial charge in [-0.25, -0.2) is 0 Å². The van der Waals surface area contributed by atoms with Crippen LogP contribution in [0, 0.1) is 5.92 Å². The molecule has 34 heavy (non-hydrogen) atoms. The first kappa shape index (κ1) is 22.6. The molecule has 1 atom stereocenters. The minimum absolute atomic E-state index is 0.189. The van der Waals surface area contributed by atoms with Gasteiger partial charge < -0.3 is 9.64 Å². The number of nitrogens with zero attached hydrogens (tertiary/aromatic N) is 2. The first-order valence-electron chi connectivity index (χ1n) is 12.2. The summed E-state index contributed by atoms with van der Waals surface area (Å²) in [7, 11) is 0. The van der Waals surface area contributed by atoms with E-state index in [1.807, 2.05) is 12.1 Å². The molecule has 7 heteroatoms. The summed E-state index contributed by atoms with van der Waals surface area (Å²) >= 11 is 0. The topological polar surface area (TPSA) is 79.0 Å². The third-order valence-electron chi connectivity index (χ3n) is 7.24. The lowest BCUT2D eigenvalue weighted by atomic mass is 9.99. The monoisotopic (exact) mass is 461 g/mol. The summed E-state index contributed by atoms with van der Waals surface area (Å²) < 4.78 is 6.12. The number of ether oxygens (including phenoxy) is 1. The van der Waals surface area contributed by atoms with Gasteiger partial charge in [-0.1, -0.05) is 37.3 Å². The zero-order valence-corrected chi connectivity index (χ0v) is 19.6. The van der Waals surface area contributed by atoms with Crippen molar-refractivity contribution in [2.24, 2.45) is 5.92 Å². The quantitative estimate of drug-likeness (QED) is 0.668. The molecule has 0 bridgehead atoms. The molecular weight excluding hydrogens is 430 g/mol. The Bertz CT molecular complexity index is 1090. The fourth-order valence-electron chi connectivity index (χ4n) is 5.07. The van der Waals surface area contributed by atoms with Crippen molar-refractivity contribution in [3.05, 3.63) is 64.7 Å². The molecule has 1 N–H and O–H groups in total. The molecule has 178 valence electrons. The standard InChI is InChI=1S/C27H31N3O4/c1-18-11-13-29(14-12-18)15-19-5-7-20(8-6-19)17-34-24-4-2-3-21-22(24)16-30(27(21)33)23-9-10-25(31)28-26(23)32/h2-8,18,23H,9-17H2,1H3,(H,28,31,32)/t23-/m0/s1. The van der Waals surface area contributed by atoms with Crippen LogP contribution < -0.4 is 10.1 Å². The van der Waals surface area contributed by atoms with Gasteiger partial charge in [0.05, 0.1) is 6.54 Å². The number of nitrogens with one attached hydrogen (secondary N) is 1. The van der Waals surface area contributed by atoms with E-state index in [9.17, 15) is 14.4 Å². The van der Waals surface area contributed by atoms with Crippen molar-refractivity contribution in [1.82, 2.24) is 15.1 Å². The zero-order valence-electron chi connectivity index (χ0n) is 19.6. The van der Waals surface area contributed by atoms with Crippen molar-refractivity contribution in [2.75, 3.05) is 13.1 Å². The van der Waals surface area contributed by atoms with Crippen LogP contribution in [0.4, 0.5) is 0 Å². The van der Waals surface area contributed by atoms with Crippen molar-refractivity contribution < 1.29 is 19.1 Å². The Hall–Kier alpha value is -3.19. The predicted molar refractivity (Wildman–Crippen MR) is 127 cm³/mol. The van der Waals surface area contributed by atoms with Gasteiger partial charge in [0.1, 0.15) is 18.4 Å². The maximum absolute atomic E-state index is 13.0. The first-order chi connectivity index (χ1) is 16.5. The molecule has 5 rings (SSSR count). The van der Waals surface area contributed by atoms with E-state index in [4.69, 9.17) is 4.74 Å².